The molecule has 1 fully saturated rings. The van der Waals surface area contributed by atoms with E-state index < -0.39 is 0 Å². The summed E-state index contributed by atoms with van der Waals surface area (Å²) in [6, 6.07) is 5.73. The van der Waals surface area contributed by atoms with Gasteiger partial charge in [0, 0.05) is 6.54 Å². The third-order valence-corrected chi connectivity index (χ3v) is 4.42. The molecular formula is C13H15Cl2N5. The zero-order valence-corrected chi connectivity index (χ0v) is 12.3. The first-order chi connectivity index (χ1) is 9.75. The van der Waals surface area contributed by atoms with Crippen molar-refractivity contribution >= 4 is 23.2 Å². The second-order valence-corrected chi connectivity index (χ2v) is 5.80. The van der Waals surface area contributed by atoms with Crippen LogP contribution in [0.4, 0.5) is 0 Å². The number of hydrogen-bond donors (Lipinski definition) is 1. The van der Waals surface area contributed by atoms with Crippen LogP contribution in [-0.4, -0.2) is 33.3 Å². The van der Waals surface area contributed by atoms with Crippen molar-refractivity contribution in [3.8, 4) is 0 Å². The molecule has 1 aromatic carbocycles. The summed E-state index contributed by atoms with van der Waals surface area (Å²) >= 11 is 12.1. The molecule has 7 heteroatoms. The fraction of sp³-hybridized carbons (Fsp3) is 0.462. The number of piperidine rings is 1. The SMILES string of the molecule is Clc1ccc([C@@H]([C@@H]2CCCNC2)n2ncnn2)cc1Cl. The van der Waals surface area contributed by atoms with E-state index in [-0.39, 0.29) is 6.04 Å². The van der Waals surface area contributed by atoms with Crippen molar-refractivity contribution in [3.05, 3.63) is 40.1 Å². The first kappa shape index (κ1) is 13.8. The van der Waals surface area contributed by atoms with E-state index in [2.05, 4.69) is 20.7 Å². The van der Waals surface area contributed by atoms with Gasteiger partial charge >= 0.3 is 0 Å². The van der Waals surface area contributed by atoms with E-state index in [0.29, 0.717) is 16.0 Å². The normalized spacial score (nSPS) is 20.8. The summed E-state index contributed by atoms with van der Waals surface area (Å²) in [7, 11) is 0. The fourth-order valence-electron chi connectivity index (χ4n) is 2.74. The molecule has 0 radical (unpaired) electrons. The van der Waals surface area contributed by atoms with Crippen molar-refractivity contribution in [2.45, 2.75) is 18.9 Å². The zero-order valence-electron chi connectivity index (χ0n) is 10.8. The fourth-order valence-corrected chi connectivity index (χ4v) is 3.05. The molecule has 20 heavy (non-hydrogen) atoms. The maximum atomic E-state index is 6.14. The lowest BCUT2D eigenvalue weighted by atomic mass is 9.87. The van der Waals surface area contributed by atoms with Gasteiger partial charge in [0.15, 0.2) is 6.33 Å². The Hall–Kier alpha value is -1.17. The molecule has 0 amide bonds. The second-order valence-electron chi connectivity index (χ2n) is 4.98. The summed E-state index contributed by atoms with van der Waals surface area (Å²) in [4.78, 5) is 1.66. The van der Waals surface area contributed by atoms with Crippen LogP contribution in [0.3, 0.4) is 0 Å². The summed E-state index contributed by atoms with van der Waals surface area (Å²) in [5, 5.41) is 16.6. The lowest BCUT2D eigenvalue weighted by molar-refractivity contribution is 0.261. The van der Waals surface area contributed by atoms with Gasteiger partial charge in [0.2, 0.25) is 0 Å². The highest BCUT2D eigenvalue weighted by Crippen LogP contribution is 2.33. The Kier molecular flexibility index (Phi) is 4.19. The molecule has 0 unspecified atom stereocenters. The van der Waals surface area contributed by atoms with Gasteiger partial charge in [-0.15, -0.1) is 10.2 Å². The number of halogens is 2. The van der Waals surface area contributed by atoms with Gasteiger partial charge in [-0.3, -0.25) is 0 Å². The Labute approximate surface area is 127 Å². The van der Waals surface area contributed by atoms with Crippen LogP contribution in [0.5, 0.6) is 0 Å². The monoisotopic (exact) mass is 311 g/mol. The Bertz CT molecular complexity index is 566. The Morgan fingerprint density at radius 3 is 2.85 bits per heavy atom. The molecule has 2 atom stereocenters. The number of nitrogens with one attached hydrogen (secondary N) is 1. The number of tetrazole rings is 1. The predicted molar refractivity (Wildman–Crippen MR) is 78.0 cm³/mol. The van der Waals surface area contributed by atoms with Crippen LogP contribution >= 0.6 is 23.2 Å². The molecule has 2 aromatic rings. The van der Waals surface area contributed by atoms with Crippen LogP contribution in [0.1, 0.15) is 24.4 Å². The van der Waals surface area contributed by atoms with Crippen LogP contribution in [-0.2, 0) is 0 Å². The highest BCUT2D eigenvalue weighted by Gasteiger charge is 2.28. The van der Waals surface area contributed by atoms with E-state index in [9.17, 15) is 0 Å². The van der Waals surface area contributed by atoms with Gasteiger partial charge in [-0.25, -0.2) is 0 Å². The predicted octanol–water partition coefficient (Wildman–Crippen LogP) is 2.57. The maximum Gasteiger partial charge on any atom is 0.162 e. The Balaban J connectivity index is 1.98. The average Bonchev–Trinajstić information content (AvgIpc) is 2.98. The van der Waals surface area contributed by atoms with Gasteiger partial charge in [0.05, 0.1) is 10.0 Å². The van der Waals surface area contributed by atoms with Crippen molar-refractivity contribution in [3.63, 3.8) is 0 Å². The van der Waals surface area contributed by atoms with Crippen LogP contribution in [0.2, 0.25) is 10.0 Å². The van der Waals surface area contributed by atoms with Gasteiger partial charge in [-0.05, 0) is 48.2 Å². The van der Waals surface area contributed by atoms with Crippen molar-refractivity contribution in [1.82, 2.24) is 25.5 Å². The number of benzene rings is 1. The molecule has 0 bridgehead atoms. The summed E-state index contributed by atoms with van der Waals surface area (Å²) < 4.78 is 0. The smallest absolute Gasteiger partial charge is 0.162 e. The minimum Gasteiger partial charge on any atom is -0.316 e. The molecule has 0 saturated carbocycles. The number of nitrogens with zero attached hydrogens (tertiary/aromatic N) is 4. The van der Waals surface area contributed by atoms with Crippen LogP contribution in [0.25, 0.3) is 0 Å². The van der Waals surface area contributed by atoms with Crippen molar-refractivity contribution < 1.29 is 0 Å². The summed E-state index contributed by atoms with van der Waals surface area (Å²) in [6.45, 7) is 2.00. The van der Waals surface area contributed by atoms with E-state index in [4.69, 9.17) is 23.2 Å². The third kappa shape index (κ3) is 2.80. The van der Waals surface area contributed by atoms with E-state index in [0.717, 1.165) is 31.5 Å². The quantitative estimate of drug-likeness (QED) is 0.946. The number of rotatable bonds is 3. The molecule has 0 aliphatic carbocycles. The average molecular weight is 312 g/mol. The zero-order chi connectivity index (χ0) is 13.9. The Morgan fingerprint density at radius 2 is 2.20 bits per heavy atom. The largest absolute Gasteiger partial charge is 0.316 e. The third-order valence-electron chi connectivity index (χ3n) is 3.68. The van der Waals surface area contributed by atoms with Crippen molar-refractivity contribution in [2.75, 3.05) is 13.1 Å². The number of hydrogen-bond acceptors (Lipinski definition) is 4. The highest BCUT2D eigenvalue weighted by atomic mass is 35.5. The summed E-state index contributed by atoms with van der Waals surface area (Å²) in [6.07, 6.45) is 3.73. The molecule has 1 N–H and O–H groups in total. The van der Waals surface area contributed by atoms with Gasteiger partial charge in [-0.2, -0.15) is 4.80 Å². The molecule has 0 spiro atoms. The van der Waals surface area contributed by atoms with E-state index in [1.165, 1.54) is 6.33 Å². The molecule has 3 rings (SSSR count). The maximum absolute atomic E-state index is 6.14. The lowest BCUT2D eigenvalue weighted by Gasteiger charge is -2.30. The van der Waals surface area contributed by atoms with Gasteiger partial charge in [0.25, 0.3) is 0 Å². The van der Waals surface area contributed by atoms with Crippen LogP contribution in [0.15, 0.2) is 24.5 Å². The molecular weight excluding hydrogens is 297 g/mol. The molecule has 1 aromatic heterocycles. The highest BCUT2D eigenvalue weighted by molar-refractivity contribution is 6.42. The van der Waals surface area contributed by atoms with Crippen molar-refractivity contribution in [2.24, 2.45) is 5.92 Å². The van der Waals surface area contributed by atoms with Crippen LogP contribution < -0.4 is 5.32 Å². The van der Waals surface area contributed by atoms with Gasteiger partial charge in [-0.1, -0.05) is 29.3 Å². The summed E-state index contributed by atoms with van der Waals surface area (Å²) in [5.41, 5.74) is 1.06. The second kappa shape index (κ2) is 6.08. The first-order valence-electron chi connectivity index (χ1n) is 6.64. The molecule has 106 valence electrons. The molecule has 5 nitrogen and oxygen atoms in total. The topological polar surface area (TPSA) is 55.6 Å². The minimum atomic E-state index is 0.0278. The summed E-state index contributed by atoms with van der Waals surface area (Å²) in [5.74, 6) is 0.412. The molecule has 1 saturated heterocycles. The lowest BCUT2D eigenvalue weighted by Crippen LogP contribution is -2.36. The Morgan fingerprint density at radius 1 is 1.30 bits per heavy atom. The van der Waals surface area contributed by atoms with E-state index >= 15 is 0 Å². The molecule has 1 aliphatic heterocycles. The molecule has 2 heterocycles. The first-order valence-corrected chi connectivity index (χ1v) is 7.39. The van der Waals surface area contributed by atoms with Crippen LogP contribution in [0, 0.1) is 5.92 Å². The standard InChI is InChI=1S/C13H15Cl2N5/c14-11-4-3-9(6-12(11)15)13(20-18-8-17-19-20)10-2-1-5-16-7-10/h3-4,6,8,10,13,16H,1-2,5,7H2/t10-,13+/m1/s1. The van der Waals surface area contributed by atoms with E-state index in [1.54, 1.807) is 4.80 Å². The molecule has 1 aliphatic rings. The van der Waals surface area contributed by atoms with Gasteiger partial charge < -0.3 is 5.32 Å². The minimum absolute atomic E-state index is 0.0278. The number of aromatic nitrogens is 4. The van der Waals surface area contributed by atoms with Gasteiger partial charge in [0.1, 0.15) is 6.04 Å². The van der Waals surface area contributed by atoms with E-state index in [1.807, 2.05) is 18.2 Å². The van der Waals surface area contributed by atoms with Crippen molar-refractivity contribution in [1.29, 1.82) is 0 Å².